The molecular weight excluding hydrogens is 322 g/mol. The number of ether oxygens (including phenoxy) is 2. The summed E-state index contributed by atoms with van der Waals surface area (Å²) in [5, 5.41) is 0. The minimum atomic E-state index is -0.830. The van der Waals surface area contributed by atoms with Crippen molar-refractivity contribution >= 4 is 17.5 Å². The van der Waals surface area contributed by atoms with Crippen LogP contribution in [-0.4, -0.2) is 38.6 Å². The van der Waals surface area contributed by atoms with Crippen LogP contribution in [0, 0.1) is 0 Å². The highest BCUT2D eigenvalue weighted by Crippen LogP contribution is 2.30. The van der Waals surface area contributed by atoms with E-state index in [0.29, 0.717) is 17.1 Å². The minimum absolute atomic E-state index is 0.0782. The zero-order chi connectivity index (χ0) is 17.8. The van der Waals surface area contributed by atoms with Gasteiger partial charge < -0.3 is 14.4 Å². The van der Waals surface area contributed by atoms with Crippen LogP contribution in [0.3, 0.4) is 0 Å². The summed E-state index contributed by atoms with van der Waals surface area (Å²) in [6.07, 6.45) is -0.830. The summed E-state index contributed by atoms with van der Waals surface area (Å²) >= 11 is 0. The Morgan fingerprint density at radius 2 is 1.80 bits per heavy atom. The van der Waals surface area contributed by atoms with Gasteiger partial charge in [-0.3, -0.25) is 20.4 Å². The van der Waals surface area contributed by atoms with Gasteiger partial charge in [0.15, 0.2) is 11.5 Å². The SMILES string of the molecule is CN(C)c1cccc(C(=O)NNC(=O)[C@H]2COc3ccccc3O2)c1. The van der Waals surface area contributed by atoms with Crippen molar-refractivity contribution in [2.24, 2.45) is 0 Å². The molecule has 130 valence electrons. The van der Waals surface area contributed by atoms with Gasteiger partial charge in [-0.05, 0) is 30.3 Å². The lowest BCUT2D eigenvalue weighted by atomic mass is 10.2. The van der Waals surface area contributed by atoms with E-state index in [4.69, 9.17) is 9.47 Å². The van der Waals surface area contributed by atoms with Gasteiger partial charge in [0.25, 0.3) is 11.8 Å². The van der Waals surface area contributed by atoms with Crippen molar-refractivity contribution in [2.45, 2.75) is 6.10 Å². The number of hydrogen-bond donors (Lipinski definition) is 2. The monoisotopic (exact) mass is 341 g/mol. The molecule has 0 unspecified atom stereocenters. The fraction of sp³-hybridized carbons (Fsp3) is 0.222. The van der Waals surface area contributed by atoms with Crippen molar-refractivity contribution < 1.29 is 19.1 Å². The highest BCUT2D eigenvalue weighted by atomic mass is 16.6. The average Bonchev–Trinajstić information content (AvgIpc) is 2.65. The van der Waals surface area contributed by atoms with E-state index in [9.17, 15) is 9.59 Å². The standard InChI is InChI=1S/C18H19N3O4/c1-21(2)13-7-5-6-12(10-13)17(22)19-20-18(23)16-11-24-14-8-3-4-9-15(14)25-16/h3-10,16H,11H2,1-2H3,(H,19,22)(H,20,23)/t16-/m1/s1. The van der Waals surface area contributed by atoms with Crippen LogP contribution >= 0.6 is 0 Å². The number of amides is 2. The Bertz CT molecular complexity index is 791. The molecule has 0 aromatic heterocycles. The Morgan fingerprint density at radius 3 is 2.56 bits per heavy atom. The number of carbonyl (C=O) groups is 2. The van der Waals surface area contributed by atoms with Crippen molar-refractivity contribution in [2.75, 3.05) is 25.6 Å². The van der Waals surface area contributed by atoms with E-state index in [1.165, 1.54) is 0 Å². The normalized spacial score (nSPS) is 15.2. The molecule has 0 bridgehead atoms. The molecule has 1 atom stereocenters. The predicted octanol–water partition coefficient (Wildman–Crippen LogP) is 1.35. The van der Waals surface area contributed by atoms with Crippen LogP contribution in [0.1, 0.15) is 10.4 Å². The highest BCUT2D eigenvalue weighted by Gasteiger charge is 2.27. The van der Waals surface area contributed by atoms with E-state index in [1.807, 2.05) is 31.1 Å². The first-order valence-electron chi connectivity index (χ1n) is 7.80. The van der Waals surface area contributed by atoms with E-state index < -0.39 is 17.9 Å². The third-order valence-electron chi connectivity index (χ3n) is 3.73. The number of fused-ring (bicyclic) bond motifs is 1. The number of anilines is 1. The summed E-state index contributed by atoms with van der Waals surface area (Å²) in [5.74, 6) is 0.204. The van der Waals surface area contributed by atoms with Crippen LogP contribution in [-0.2, 0) is 4.79 Å². The second-order valence-electron chi connectivity index (χ2n) is 5.75. The molecule has 7 nitrogen and oxygen atoms in total. The van der Waals surface area contributed by atoms with Gasteiger partial charge >= 0.3 is 0 Å². The number of benzene rings is 2. The molecule has 2 N–H and O–H groups in total. The van der Waals surface area contributed by atoms with Gasteiger partial charge in [-0.15, -0.1) is 0 Å². The first-order valence-corrected chi connectivity index (χ1v) is 7.80. The molecule has 1 aliphatic rings. The molecule has 25 heavy (non-hydrogen) atoms. The molecule has 0 spiro atoms. The lowest BCUT2D eigenvalue weighted by Gasteiger charge is -2.25. The molecule has 1 heterocycles. The molecule has 2 aromatic rings. The Labute approximate surface area is 145 Å². The van der Waals surface area contributed by atoms with Crippen molar-refractivity contribution in [3.8, 4) is 11.5 Å². The van der Waals surface area contributed by atoms with Crippen molar-refractivity contribution in [3.05, 3.63) is 54.1 Å². The maximum atomic E-state index is 12.2. The number of hydrazine groups is 1. The number of rotatable bonds is 3. The smallest absolute Gasteiger partial charge is 0.283 e. The third-order valence-corrected chi connectivity index (χ3v) is 3.73. The Hall–Kier alpha value is -3.22. The quantitative estimate of drug-likeness (QED) is 0.824. The van der Waals surface area contributed by atoms with Crippen LogP contribution in [0.2, 0.25) is 0 Å². The van der Waals surface area contributed by atoms with Gasteiger partial charge in [0.1, 0.15) is 6.61 Å². The summed E-state index contributed by atoms with van der Waals surface area (Å²) in [5.41, 5.74) is 6.10. The fourth-order valence-corrected chi connectivity index (χ4v) is 2.35. The molecule has 3 rings (SSSR count). The summed E-state index contributed by atoms with van der Waals surface area (Å²) in [6.45, 7) is 0.0782. The van der Waals surface area contributed by atoms with Crippen molar-refractivity contribution in [1.82, 2.24) is 10.9 Å². The second-order valence-corrected chi connectivity index (χ2v) is 5.75. The van der Waals surface area contributed by atoms with Gasteiger partial charge in [0, 0.05) is 25.3 Å². The molecule has 7 heteroatoms. The molecule has 2 aromatic carbocycles. The minimum Gasteiger partial charge on any atom is -0.485 e. The van der Waals surface area contributed by atoms with Crippen molar-refractivity contribution in [3.63, 3.8) is 0 Å². The van der Waals surface area contributed by atoms with Crippen LogP contribution in [0.25, 0.3) is 0 Å². The fourth-order valence-electron chi connectivity index (χ4n) is 2.35. The molecule has 1 aliphatic heterocycles. The van der Waals surface area contributed by atoms with E-state index in [2.05, 4.69) is 10.9 Å². The van der Waals surface area contributed by atoms with Crippen LogP contribution in [0.4, 0.5) is 5.69 Å². The summed E-state index contributed by atoms with van der Waals surface area (Å²) < 4.78 is 11.1. The second kappa shape index (κ2) is 7.12. The molecule has 0 radical (unpaired) electrons. The maximum Gasteiger partial charge on any atom is 0.283 e. The largest absolute Gasteiger partial charge is 0.485 e. The molecule has 0 saturated carbocycles. The number of carbonyl (C=O) groups excluding carboxylic acids is 2. The van der Waals surface area contributed by atoms with E-state index in [-0.39, 0.29) is 6.61 Å². The van der Waals surface area contributed by atoms with Crippen molar-refractivity contribution in [1.29, 1.82) is 0 Å². The summed E-state index contributed by atoms with van der Waals surface area (Å²) in [6, 6.07) is 14.2. The number of hydrogen-bond acceptors (Lipinski definition) is 5. The van der Waals surface area contributed by atoms with E-state index in [0.717, 1.165) is 5.69 Å². The molecule has 0 fully saturated rings. The molecule has 0 aliphatic carbocycles. The van der Waals surface area contributed by atoms with E-state index >= 15 is 0 Å². The number of nitrogens with zero attached hydrogens (tertiary/aromatic N) is 1. The lowest BCUT2D eigenvalue weighted by molar-refractivity contribution is -0.131. The average molecular weight is 341 g/mol. The molecular formula is C18H19N3O4. The number of para-hydroxylation sites is 2. The topological polar surface area (TPSA) is 79.9 Å². The van der Waals surface area contributed by atoms with Crippen LogP contribution in [0.5, 0.6) is 11.5 Å². The van der Waals surface area contributed by atoms with Gasteiger partial charge in [0.05, 0.1) is 0 Å². The zero-order valence-electron chi connectivity index (χ0n) is 14.0. The zero-order valence-corrected chi connectivity index (χ0v) is 14.0. The molecule has 0 saturated heterocycles. The lowest BCUT2D eigenvalue weighted by Crippen LogP contribution is -2.50. The maximum absolute atomic E-state index is 12.2. The Kier molecular flexibility index (Phi) is 4.74. The van der Waals surface area contributed by atoms with Gasteiger partial charge in [-0.2, -0.15) is 0 Å². The first-order chi connectivity index (χ1) is 12.0. The summed E-state index contributed by atoms with van der Waals surface area (Å²) in [4.78, 5) is 26.3. The first kappa shape index (κ1) is 16.6. The summed E-state index contributed by atoms with van der Waals surface area (Å²) in [7, 11) is 3.77. The molecule has 2 amide bonds. The number of nitrogens with one attached hydrogen (secondary N) is 2. The Morgan fingerprint density at radius 1 is 1.04 bits per heavy atom. The van der Waals surface area contributed by atoms with Gasteiger partial charge in [0.2, 0.25) is 6.10 Å². The third kappa shape index (κ3) is 3.82. The van der Waals surface area contributed by atoms with Gasteiger partial charge in [-0.25, -0.2) is 0 Å². The Balaban J connectivity index is 1.57. The van der Waals surface area contributed by atoms with Crippen LogP contribution in [0.15, 0.2) is 48.5 Å². The highest BCUT2D eigenvalue weighted by molar-refractivity contribution is 5.96. The van der Waals surface area contributed by atoms with Gasteiger partial charge in [-0.1, -0.05) is 18.2 Å². The van der Waals surface area contributed by atoms with E-state index in [1.54, 1.807) is 36.4 Å². The predicted molar refractivity (Wildman–Crippen MR) is 92.7 cm³/mol. The van der Waals surface area contributed by atoms with Crippen LogP contribution < -0.4 is 25.2 Å².